The van der Waals surface area contributed by atoms with Crippen molar-refractivity contribution in [3.8, 4) is 0 Å². The second-order valence-electron chi connectivity index (χ2n) is 8.63. The first kappa shape index (κ1) is 25.1. The van der Waals surface area contributed by atoms with Crippen LogP contribution in [0.2, 0.25) is 5.15 Å². The predicted octanol–water partition coefficient (Wildman–Crippen LogP) is 4.21. The second-order valence-corrected chi connectivity index (χ2v) is 8.98. The summed E-state index contributed by atoms with van der Waals surface area (Å²) in [6, 6.07) is 14.2. The van der Waals surface area contributed by atoms with E-state index < -0.39 is 5.97 Å². The number of hydrogen-bond acceptors (Lipinski definition) is 6. The Morgan fingerprint density at radius 3 is 2.36 bits per heavy atom. The molecule has 1 saturated heterocycles. The topological polar surface area (TPSA) is 134 Å². The summed E-state index contributed by atoms with van der Waals surface area (Å²) in [6.45, 7) is 3.33. The molecule has 0 aliphatic carbocycles. The van der Waals surface area contributed by atoms with E-state index in [1.54, 1.807) is 31.2 Å². The lowest BCUT2D eigenvalue weighted by molar-refractivity contribution is -0.136. The first-order chi connectivity index (χ1) is 17.3. The summed E-state index contributed by atoms with van der Waals surface area (Å²) < 4.78 is 0. The van der Waals surface area contributed by atoms with Crippen molar-refractivity contribution >= 4 is 46.5 Å². The van der Waals surface area contributed by atoms with Crippen molar-refractivity contribution in [1.82, 2.24) is 9.97 Å². The number of benzene rings is 2. The Hall–Kier alpha value is -3.98. The number of nitrogens with one attached hydrogen (secondary N) is 1. The Morgan fingerprint density at radius 2 is 1.75 bits per heavy atom. The van der Waals surface area contributed by atoms with Gasteiger partial charge >= 0.3 is 5.97 Å². The van der Waals surface area contributed by atoms with Crippen molar-refractivity contribution < 1.29 is 14.7 Å². The average Bonchev–Trinajstić information content (AvgIpc) is 3.36. The zero-order chi connectivity index (χ0) is 25.7. The van der Waals surface area contributed by atoms with E-state index in [9.17, 15) is 14.7 Å². The molecular formula is C26H27ClN6O3. The second kappa shape index (κ2) is 11.2. The summed E-state index contributed by atoms with van der Waals surface area (Å²) in [5, 5.41) is 12.3. The summed E-state index contributed by atoms with van der Waals surface area (Å²) in [4.78, 5) is 39.2. The van der Waals surface area contributed by atoms with Crippen molar-refractivity contribution in [2.75, 3.05) is 23.3 Å². The van der Waals surface area contributed by atoms with E-state index in [0.717, 1.165) is 31.5 Å². The smallest absolute Gasteiger partial charge is 0.308 e. The van der Waals surface area contributed by atoms with Gasteiger partial charge in [0.15, 0.2) is 0 Å². The van der Waals surface area contributed by atoms with Gasteiger partial charge in [-0.15, -0.1) is 0 Å². The van der Waals surface area contributed by atoms with Gasteiger partial charge in [-0.05, 0) is 61.7 Å². The molecule has 186 valence electrons. The Labute approximate surface area is 214 Å². The van der Waals surface area contributed by atoms with Crippen LogP contribution in [-0.4, -0.2) is 45.9 Å². The minimum atomic E-state index is -0.971. The Balaban J connectivity index is 1.46. The minimum absolute atomic E-state index is 0.173. The van der Waals surface area contributed by atoms with Crippen LogP contribution in [0.15, 0.2) is 53.5 Å². The third kappa shape index (κ3) is 6.37. The van der Waals surface area contributed by atoms with Gasteiger partial charge in [0.05, 0.1) is 17.9 Å². The highest BCUT2D eigenvalue weighted by atomic mass is 35.5. The SMILES string of the molecule is CC(N)=Nc1ccc(C(=O)Nc2ccc(Cc3nc(Cl)c(CC(=O)O)c(N4CCCC4)n3)cc2)cc1. The highest BCUT2D eigenvalue weighted by Crippen LogP contribution is 2.28. The number of anilines is 2. The lowest BCUT2D eigenvalue weighted by Crippen LogP contribution is -2.23. The van der Waals surface area contributed by atoms with Gasteiger partial charge in [0.25, 0.3) is 5.91 Å². The molecule has 1 aliphatic heterocycles. The first-order valence-electron chi connectivity index (χ1n) is 11.6. The number of nitrogens with zero attached hydrogens (tertiary/aromatic N) is 4. The number of carboxylic acid groups (broad SMARTS) is 1. The number of carboxylic acids is 1. The van der Waals surface area contributed by atoms with E-state index in [-0.39, 0.29) is 17.5 Å². The highest BCUT2D eigenvalue weighted by molar-refractivity contribution is 6.30. The molecule has 3 aromatic rings. The van der Waals surface area contributed by atoms with Crippen molar-refractivity contribution in [3.63, 3.8) is 0 Å². The molecule has 0 unspecified atom stereocenters. The molecule has 1 aromatic heterocycles. The molecule has 36 heavy (non-hydrogen) atoms. The molecule has 1 fully saturated rings. The molecule has 0 radical (unpaired) electrons. The molecule has 4 N–H and O–H groups in total. The van der Waals surface area contributed by atoms with Crippen LogP contribution >= 0.6 is 11.6 Å². The third-order valence-electron chi connectivity index (χ3n) is 5.72. The standard InChI is InChI=1S/C26H27ClN6O3/c1-16(28)29-19-10-6-18(7-11-19)26(36)30-20-8-4-17(5-9-20)14-22-31-24(27)21(15-23(34)35)25(32-22)33-12-2-3-13-33/h4-11H,2-3,12-15H2,1H3,(H2,28,29)(H,30,36)(H,34,35). The summed E-state index contributed by atoms with van der Waals surface area (Å²) >= 11 is 6.40. The number of aliphatic imine (C=N–C) groups is 1. The number of amidine groups is 1. The van der Waals surface area contributed by atoms with Crippen LogP contribution in [0.5, 0.6) is 0 Å². The van der Waals surface area contributed by atoms with E-state index in [0.29, 0.717) is 46.4 Å². The maximum atomic E-state index is 12.6. The quantitative estimate of drug-likeness (QED) is 0.236. The van der Waals surface area contributed by atoms with E-state index >= 15 is 0 Å². The Bertz CT molecular complexity index is 1280. The lowest BCUT2D eigenvalue weighted by atomic mass is 10.1. The predicted molar refractivity (Wildman–Crippen MR) is 140 cm³/mol. The Kier molecular flexibility index (Phi) is 7.80. The lowest BCUT2D eigenvalue weighted by Gasteiger charge is -2.21. The monoisotopic (exact) mass is 506 g/mol. The average molecular weight is 507 g/mol. The number of amides is 1. The summed E-state index contributed by atoms with van der Waals surface area (Å²) in [6.07, 6.45) is 2.26. The fourth-order valence-corrected chi connectivity index (χ4v) is 4.29. The van der Waals surface area contributed by atoms with Crippen LogP contribution in [-0.2, 0) is 17.6 Å². The minimum Gasteiger partial charge on any atom is -0.481 e. The summed E-state index contributed by atoms with van der Waals surface area (Å²) in [5.41, 5.74) is 8.81. The molecule has 0 bridgehead atoms. The van der Waals surface area contributed by atoms with Gasteiger partial charge in [0, 0.05) is 36.3 Å². The number of aliphatic carboxylic acids is 1. The van der Waals surface area contributed by atoms with Gasteiger partial charge in [-0.2, -0.15) is 0 Å². The number of rotatable bonds is 8. The van der Waals surface area contributed by atoms with Gasteiger partial charge in [-0.25, -0.2) is 15.0 Å². The molecule has 0 saturated carbocycles. The van der Waals surface area contributed by atoms with E-state index in [2.05, 4.69) is 25.2 Å². The molecule has 0 spiro atoms. The molecule has 1 aliphatic rings. The van der Waals surface area contributed by atoms with Gasteiger partial charge in [-0.1, -0.05) is 23.7 Å². The van der Waals surface area contributed by atoms with E-state index in [1.165, 1.54) is 0 Å². The number of nitrogens with two attached hydrogens (primary N) is 1. The molecule has 0 atom stereocenters. The van der Waals surface area contributed by atoms with Crippen molar-refractivity contribution in [3.05, 3.63) is 76.2 Å². The number of hydrogen-bond donors (Lipinski definition) is 3. The molecule has 4 rings (SSSR count). The van der Waals surface area contributed by atoms with Crippen LogP contribution in [0, 0.1) is 0 Å². The fraction of sp³-hybridized carbons (Fsp3) is 0.269. The maximum Gasteiger partial charge on any atom is 0.308 e. The normalized spacial score (nSPS) is 13.6. The molecule has 10 heteroatoms. The van der Waals surface area contributed by atoms with Gasteiger partial charge < -0.3 is 21.1 Å². The third-order valence-corrected chi connectivity index (χ3v) is 6.04. The van der Waals surface area contributed by atoms with Gasteiger partial charge in [0.2, 0.25) is 0 Å². The van der Waals surface area contributed by atoms with E-state index in [1.807, 2.05) is 24.3 Å². The zero-order valence-corrected chi connectivity index (χ0v) is 20.6. The summed E-state index contributed by atoms with van der Waals surface area (Å²) in [5.74, 6) is 0.363. The largest absolute Gasteiger partial charge is 0.481 e. The molecule has 2 heterocycles. The van der Waals surface area contributed by atoms with Crippen LogP contribution in [0.4, 0.5) is 17.2 Å². The molecule has 1 amide bonds. The van der Waals surface area contributed by atoms with Crippen molar-refractivity contribution in [1.29, 1.82) is 0 Å². The van der Waals surface area contributed by atoms with Crippen LogP contribution in [0.3, 0.4) is 0 Å². The summed E-state index contributed by atoms with van der Waals surface area (Å²) in [7, 11) is 0. The molecular weight excluding hydrogens is 480 g/mol. The van der Waals surface area contributed by atoms with Crippen LogP contribution in [0.25, 0.3) is 0 Å². The number of aromatic nitrogens is 2. The van der Waals surface area contributed by atoms with Crippen LogP contribution < -0.4 is 16.0 Å². The van der Waals surface area contributed by atoms with Gasteiger partial charge in [-0.3, -0.25) is 9.59 Å². The van der Waals surface area contributed by atoms with Crippen molar-refractivity contribution in [2.24, 2.45) is 10.7 Å². The molecule has 9 nitrogen and oxygen atoms in total. The maximum absolute atomic E-state index is 12.6. The molecule has 2 aromatic carbocycles. The van der Waals surface area contributed by atoms with Crippen LogP contribution in [0.1, 0.15) is 47.1 Å². The number of carbonyl (C=O) groups excluding carboxylic acids is 1. The highest BCUT2D eigenvalue weighted by Gasteiger charge is 2.23. The zero-order valence-electron chi connectivity index (χ0n) is 19.9. The fourth-order valence-electron chi connectivity index (χ4n) is 4.04. The Morgan fingerprint density at radius 1 is 1.08 bits per heavy atom. The number of carbonyl (C=O) groups is 2. The van der Waals surface area contributed by atoms with Gasteiger partial charge in [0.1, 0.15) is 16.8 Å². The first-order valence-corrected chi connectivity index (χ1v) is 12.0. The van der Waals surface area contributed by atoms with E-state index in [4.69, 9.17) is 17.3 Å². The van der Waals surface area contributed by atoms with Crippen molar-refractivity contribution in [2.45, 2.75) is 32.6 Å². The number of halogens is 1.